The van der Waals surface area contributed by atoms with E-state index in [1.807, 2.05) is 38.7 Å². The van der Waals surface area contributed by atoms with Gasteiger partial charge in [-0.3, -0.25) is 14.3 Å². The molecule has 0 unspecified atom stereocenters. The van der Waals surface area contributed by atoms with Crippen LogP contribution in [0.1, 0.15) is 20.8 Å². The normalized spacial score (nSPS) is 12.2. The van der Waals surface area contributed by atoms with Gasteiger partial charge in [0, 0.05) is 0 Å². The zero-order valence-corrected chi connectivity index (χ0v) is 9.90. The minimum atomic E-state index is -0.215. The molecule has 6 heteroatoms. The first-order valence-corrected chi connectivity index (χ1v) is 5.07. The Bertz CT molecular complexity index is 602. The van der Waals surface area contributed by atoms with Crippen molar-refractivity contribution in [2.45, 2.75) is 26.3 Å². The number of anilines is 1. The summed E-state index contributed by atoms with van der Waals surface area (Å²) in [6, 6.07) is 0. The number of aromatic amines is 1. The van der Waals surface area contributed by atoms with Crippen LogP contribution in [0.25, 0.3) is 11.2 Å². The fourth-order valence-electron chi connectivity index (χ4n) is 1.73. The molecule has 0 amide bonds. The molecule has 0 spiro atoms. The quantitative estimate of drug-likeness (QED) is 0.610. The van der Waals surface area contributed by atoms with Crippen molar-refractivity contribution in [2.24, 2.45) is 7.05 Å². The monoisotopic (exact) mass is 222 g/mol. The Morgan fingerprint density at radius 1 is 1.50 bits per heavy atom. The van der Waals surface area contributed by atoms with Gasteiger partial charge in [0.1, 0.15) is 0 Å². The van der Waals surface area contributed by atoms with Gasteiger partial charge in [0.05, 0.1) is 12.6 Å². The van der Waals surface area contributed by atoms with E-state index in [2.05, 4.69) is 9.97 Å². The summed E-state index contributed by atoms with van der Waals surface area (Å²) in [5, 5.41) is 0. The van der Waals surface area contributed by atoms with Crippen molar-refractivity contribution in [3.05, 3.63) is 16.7 Å². The number of nitrogen functional groups attached to an aromatic ring is 1. The van der Waals surface area contributed by atoms with Gasteiger partial charge in [-0.15, -0.1) is 0 Å². The lowest BCUT2D eigenvalue weighted by Gasteiger charge is -2.15. The number of aromatic nitrogens is 4. The molecule has 2 rings (SSSR count). The first-order valence-electron chi connectivity index (χ1n) is 5.07. The van der Waals surface area contributed by atoms with Crippen molar-refractivity contribution in [3.63, 3.8) is 0 Å². The number of imidazole rings is 1. The lowest BCUT2D eigenvalue weighted by atomic mass is 10.1. The number of nitrogens with one attached hydrogen (secondary N) is 1. The SMILES string of the molecule is Cn1c[n+](C(C)(C)C)c2nc(N)[nH]c(=O)c21. The Morgan fingerprint density at radius 2 is 2.12 bits per heavy atom. The summed E-state index contributed by atoms with van der Waals surface area (Å²) in [6.07, 6.45) is 1.85. The molecule has 6 nitrogen and oxygen atoms in total. The third kappa shape index (κ3) is 1.46. The molecule has 2 aromatic heterocycles. The topological polar surface area (TPSA) is 80.6 Å². The summed E-state index contributed by atoms with van der Waals surface area (Å²) in [5.74, 6) is 0.140. The number of nitrogens with two attached hydrogens (primary N) is 1. The minimum absolute atomic E-state index is 0.140. The smallest absolute Gasteiger partial charge is 0.312 e. The third-order valence-electron chi connectivity index (χ3n) is 2.49. The highest BCUT2D eigenvalue weighted by Gasteiger charge is 2.27. The Labute approximate surface area is 92.7 Å². The standard InChI is InChI=1S/C10H15N5O/c1-10(2,3)15-5-14(4)6-7(15)12-9(11)13-8(6)16/h5H,1-4H3,(H2-,11,12,13,16)/p+1. The number of aryl methyl sites for hydroxylation is 1. The first kappa shape index (κ1) is 10.7. The van der Waals surface area contributed by atoms with Gasteiger partial charge >= 0.3 is 5.65 Å². The number of rotatable bonds is 0. The molecule has 2 aromatic rings. The van der Waals surface area contributed by atoms with E-state index in [9.17, 15) is 4.79 Å². The van der Waals surface area contributed by atoms with Crippen LogP contribution in [0.3, 0.4) is 0 Å². The molecule has 0 atom stereocenters. The van der Waals surface area contributed by atoms with Crippen LogP contribution in [0.4, 0.5) is 5.95 Å². The van der Waals surface area contributed by atoms with Crippen LogP contribution in [0.5, 0.6) is 0 Å². The van der Waals surface area contributed by atoms with Gasteiger partial charge in [0.2, 0.25) is 5.52 Å². The van der Waals surface area contributed by atoms with Crippen LogP contribution in [-0.2, 0) is 12.6 Å². The lowest BCUT2D eigenvalue weighted by Crippen LogP contribution is -2.49. The van der Waals surface area contributed by atoms with Gasteiger partial charge in [-0.1, -0.05) is 4.98 Å². The largest absolute Gasteiger partial charge is 0.355 e. The van der Waals surface area contributed by atoms with E-state index in [-0.39, 0.29) is 17.0 Å². The second-order valence-corrected chi connectivity index (χ2v) is 4.89. The lowest BCUT2D eigenvalue weighted by molar-refractivity contribution is -0.732. The summed E-state index contributed by atoms with van der Waals surface area (Å²) in [5.41, 5.74) is 6.34. The van der Waals surface area contributed by atoms with Crippen molar-refractivity contribution in [2.75, 3.05) is 5.73 Å². The Morgan fingerprint density at radius 3 is 2.69 bits per heavy atom. The third-order valence-corrected chi connectivity index (χ3v) is 2.49. The molecule has 0 aliphatic heterocycles. The number of fused-ring (bicyclic) bond motifs is 1. The van der Waals surface area contributed by atoms with Gasteiger partial charge in [-0.25, -0.2) is 4.57 Å². The van der Waals surface area contributed by atoms with Crippen molar-refractivity contribution in [3.8, 4) is 0 Å². The van der Waals surface area contributed by atoms with Crippen LogP contribution in [-0.4, -0.2) is 14.5 Å². The van der Waals surface area contributed by atoms with Crippen LogP contribution < -0.4 is 15.9 Å². The molecule has 3 N–H and O–H groups in total. The molecule has 0 aliphatic rings. The summed E-state index contributed by atoms with van der Waals surface area (Å²) in [4.78, 5) is 18.4. The average Bonchev–Trinajstić information content (AvgIpc) is 2.41. The fourth-order valence-corrected chi connectivity index (χ4v) is 1.73. The Kier molecular flexibility index (Phi) is 2.04. The second-order valence-electron chi connectivity index (χ2n) is 4.89. The molecule has 0 bridgehead atoms. The zero-order valence-electron chi connectivity index (χ0n) is 9.90. The van der Waals surface area contributed by atoms with E-state index in [1.54, 1.807) is 4.57 Å². The highest BCUT2D eigenvalue weighted by atomic mass is 16.1. The van der Waals surface area contributed by atoms with Crippen LogP contribution in [0.15, 0.2) is 11.1 Å². The maximum atomic E-state index is 11.8. The van der Waals surface area contributed by atoms with E-state index >= 15 is 0 Å². The number of nitrogens with zero attached hydrogens (tertiary/aromatic N) is 3. The molecule has 16 heavy (non-hydrogen) atoms. The molecule has 0 aliphatic carbocycles. The average molecular weight is 222 g/mol. The highest BCUT2D eigenvalue weighted by Crippen LogP contribution is 2.10. The molecular weight excluding hydrogens is 206 g/mol. The van der Waals surface area contributed by atoms with Gasteiger partial charge < -0.3 is 5.73 Å². The Hall–Kier alpha value is -1.85. The molecule has 0 saturated heterocycles. The number of hydrogen-bond donors (Lipinski definition) is 2. The van der Waals surface area contributed by atoms with Gasteiger partial charge in [0.25, 0.3) is 11.5 Å². The fraction of sp³-hybridized carbons (Fsp3) is 0.500. The molecule has 0 saturated carbocycles. The van der Waals surface area contributed by atoms with Crippen LogP contribution in [0, 0.1) is 0 Å². The number of H-pyrrole nitrogens is 1. The molecule has 0 radical (unpaired) electrons. The van der Waals surface area contributed by atoms with E-state index < -0.39 is 0 Å². The van der Waals surface area contributed by atoms with E-state index in [1.165, 1.54) is 0 Å². The summed E-state index contributed by atoms with van der Waals surface area (Å²) >= 11 is 0. The first-order chi connectivity index (χ1) is 7.30. The predicted octanol–water partition coefficient (Wildman–Crippen LogP) is -0.114. The van der Waals surface area contributed by atoms with E-state index in [4.69, 9.17) is 5.73 Å². The maximum absolute atomic E-state index is 11.8. The Balaban J connectivity index is 2.95. The summed E-state index contributed by atoms with van der Waals surface area (Å²) in [7, 11) is 1.82. The van der Waals surface area contributed by atoms with Gasteiger partial charge in [0.15, 0.2) is 6.33 Å². The number of hydrogen-bond acceptors (Lipinski definition) is 3. The minimum Gasteiger partial charge on any atom is -0.355 e. The van der Waals surface area contributed by atoms with E-state index in [0.717, 1.165) is 0 Å². The van der Waals surface area contributed by atoms with Crippen molar-refractivity contribution < 1.29 is 4.57 Å². The zero-order chi connectivity index (χ0) is 12.1. The van der Waals surface area contributed by atoms with Crippen molar-refractivity contribution in [1.82, 2.24) is 14.5 Å². The molecule has 2 heterocycles. The van der Waals surface area contributed by atoms with Gasteiger partial charge in [-0.05, 0) is 20.8 Å². The van der Waals surface area contributed by atoms with E-state index in [0.29, 0.717) is 11.2 Å². The summed E-state index contributed by atoms with van der Waals surface area (Å²) < 4.78 is 3.69. The molecule has 0 fully saturated rings. The highest BCUT2D eigenvalue weighted by molar-refractivity contribution is 5.67. The molecule has 0 aromatic carbocycles. The van der Waals surface area contributed by atoms with Crippen LogP contribution in [0.2, 0.25) is 0 Å². The molecule has 86 valence electrons. The summed E-state index contributed by atoms with van der Waals surface area (Å²) in [6.45, 7) is 6.14. The van der Waals surface area contributed by atoms with Crippen molar-refractivity contribution in [1.29, 1.82) is 0 Å². The van der Waals surface area contributed by atoms with Crippen LogP contribution >= 0.6 is 0 Å². The second kappa shape index (κ2) is 3.07. The van der Waals surface area contributed by atoms with Crippen molar-refractivity contribution >= 4 is 17.1 Å². The maximum Gasteiger partial charge on any atom is 0.312 e. The molecular formula is C10H16N5O+. The predicted molar refractivity (Wildman–Crippen MR) is 60.9 cm³/mol. The van der Waals surface area contributed by atoms with Gasteiger partial charge in [-0.2, -0.15) is 0 Å².